The quantitative estimate of drug-likeness (QED) is 0.655. The van der Waals surface area contributed by atoms with Crippen LogP contribution in [0.5, 0.6) is 0 Å². The molecule has 0 amide bonds. The van der Waals surface area contributed by atoms with Crippen LogP contribution in [-0.2, 0) is 6.42 Å². The van der Waals surface area contributed by atoms with Gasteiger partial charge in [0.2, 0.25) is 5.95 Å². The fraction of sp³-hybridized carbons (Fsp3) is 0.278. The van der Waals surface area contributed by atoms with Crippen molar-refractivity contribution in [2.75, 3.05) is 0 Å². The molecule has 1 aromatic carbocycles. The highest BCUT2D eigenvalue weighted by molar-refractivity contribution is 6.36. The molecule has 2 heterocycles. The molecule has 8 heteroatoms. The van der Waals surface area contributed by atoms with Gasteiger partial charge in [-0.2, -0.15) is 9.37 Å². The maximum absolute atomic E-state index is 14.9. The maximum Gasteiger partial charge on any atom is 0.267 e. The predicted octanol–water partition coefficient (Wildman–Crippen LogP) is 3.96. The fourth-order valence-corrected chi connectivity index (χ4v) is 3.27. The van der Waals surface area contributed by atoms with Crippen LogP contribution in [0.2, 0.25) is 10.0 Å². The van der Waals surface area contributed by atoms with Crippen molar-refractivity contribution in [2.24, 2.45) is 11.7 Å². The molecule has 3 rings (SSSR count). The third-order valence-corrected chi connectivity index (χ3v) is 4.96. The van der Waals surface area contributed by atoms with Gasteiger partial charge in [0, 0.05) is 22.2 Å². The molecule has 0 aliphatic heterocycles. The number of fused-ring (bicyclic) bond motifs is 1. The highest BCUT2D eigenvalue weighted by Crippen LogP contribution is 2.37. The van der Waals surface area contributed by atoms with E-state index in [1.165, 1.54) is 6.07 Å². The molecule has 2 atom stereocenters. The highest BCUT2D eigenvalue weighted by Gasteiger charge is 2.22. The Labute approximate surface area is 159 Å². The number of halogens is 3. The lowest BCUT2D eigenvalue weighted by molar-refractivity contribution is 0.481. The molecule has 2 aromatic heterocycles. The molecule has 2 unspecified atom stereocenters. The van der Waals surface area contributed by atoms with Crippen molar-refractivity contribution < 1.29 is 4.39 Å². The summed E-state index contributed by atoms with van der Waals surface area (Å²) >= 11 is 12.3. The van der Waals surface area contributed by atoms with Gasteiger partial charge in [-0.05, 0) is 37.0 Å². The zero-order valence-corrected chi connectivity index (χ0v) is 15.7. The Hall–Kier alpha value is -2.02. The molecule has 0 saturated heterocycles. The van der Waals surface area contributed by atoms with Gasteiger partial charge in [-0.3, -0.25) is 4.79 Å². The van der Waals surface area contributed by atoms with Crippen molar-refractivity contribution in [2.45, 2.75) is 26.3 Å². The SMILES string of the molecule is CC(N)C(C)Cc1c(-c2ccc(Cl)cc2Cl)c(F)nc2ncc(=O)[nH]c12. The Morgan fingerprint density at radius 3 is 2.69 bits per heavy atom. The second kappa shape index (κ2) is 7.31. The van der Waals surface area contributed by atoms with Crippen molar-refractivity contribution >= 4 is 34.4 Å². The summed E-state index contributed by atoms with van der Waals surface area (Å²) in [5, 5.41) is 0.729. The summed E-state index contributed by atoms with van der Waals surface area (Å²) in [5.74, 6) is -0.693. The normalized spacial score (nSPS) is 13.8. The van der Waals surface area contributed by atoms with Crippen LogP contribution in [0.25, 0.3) is 22.3 Å². The lowest BCUT2D eigenvalue weighted by Crippen LogP contribution is -2.26. The largest absolute Gasteiger partial charge is 0.328 e. The van der Waals surface area contributed by atoms with E-state index >= 15 is 0 Å². The number of hydrogen-bond donors (Lipinski definition) is 2. The minimum absolute atomic E-state index is 0.0218. The van der Waals surface area contributed by atoms with Crippen LogP contribution in [0.15, 0.2) is 29.2 Å². The predicted molar refractivity (Wildman–Crippen MR) is 102 cm³/mol. The third kappa shape index (κ3) is 3.58. The lowest BCUT2D eigenvalue weighted by atomic mass is 9.90. The molecular weight excluding hydrogens is 378 g/mol. The monoisotopic (exact) mass is 394 g/mol. The van der Waals surface area contributed by atoms with E-state index in [0.29, 0.717) is 33.1 Å². The summed E-state index contributed by atoms with van der Waals surface area (Å²) in [7, 11) is 0. The van der Waals surface area contributed by atoms with Gasteiger partial charge in [0.1, 0.15) is 0 Å². The maximum atomic E-state index is 14.9. The number of rotatable bonds is 4. The van der Waals surface area contributed by atoms with E-state index in [9.17, 15) is 9.18 Å². The topological polar surface area (TPSA) is 84.7 Å². The van der Waals surface area contributed by atoms with E-state index in [1.54, 1.807) is 12.1 Å². The van der Waals surface area contributed by atoms with Gasteiger partial charge < -0.3 is 10.7 Å². The van der Waals surface area contributed by atoms with Gasteiger partial charge in [0.05, 0.1) is 16.7 Å². The molecule has 0 aliphatic carbocycles. The average Bonchev–Trinajstić information content (AvgIpc) is 2.56. The first-order chi connectivity index (χ1) is 12.3. The van der Waals surface area contributed by atoms with Gasteiger partial charge in [-0.15, -0.1) is 0 Å². The fourth-order valence-electron chi connectivity index (χ4n) is 2.77. The second-order valence-corrected chi connectivity index (χ2v) is 7.21. The molecular formula is C18H17Cl2FN4O. The van der Waals surface area contributed by atoms with E-state index in [1.807, 2.05) is 13.8 Å². The minimum atomic E-state index is -0.715. The standard InChI is InChI=1S/C18H17Cl2FN4O/c1-8(9(2)22)5-12-15(11-4-3-10(19)6-13(11)20)17(21)25-18-16(12)24-14(26)7-23-18/h3-4,6-9H,5,22H2,1-2H3,(H,24,26). The molecule has 0 bridgehead atoms. The van der Waals surface area contributed by atoms with Crippen LogP contribution in [0.4, 0.5) is 4.39 Å². The average molecular weight is 395 g/mol. The number of aromatic amines is 1. The number of H-pyrrole nitrogens is 1. The Bertz CT molecular complexity index is 1040. The first-order valence-electron chi connectivity index (χ1n) is 8.06. The van der Waals surface area contributed by atoms with Crippen molar-refractivity contribution in [1.29, 1.82) is 0 Å². The molecule has 0 saturated carbocycles. The van der Waals surface area contributed by atoms with Crippen molar-refractivity contribution in [3.63, 3.8) is 0 Å². The van der Waals surface area contributed by atoms with Crippen LogP contribution >= 0.6 is 23.2 Å². The smallest absolute Gasteiger partial charge is 0.267 e. The van der Waals surface area contributed by atoms with E-state index in [0.717, 1.165) is 6.20 Å². The number of nitrogens with one attached hydrogen (secondary N) is 1. The van der Waals surface area contributed by atoms with Crippen LogP contribution in [0.1, 0.15) is 19.4 Å². The minimum Gasteiger partial charge on any atom is -0.328 e. The second-order valence-electron chi connectivity index (χ2n) is 6.37. The van der Waals surface area contributed by atoms with E-state index < -0.39 is 11.5 Å². The first-order valence-corrected chi connectivity index (χ1v) is 8.82. The number of aromatic nitrogens is 3. The van der Waals surface area contributed by atoms with E-state index in [4.69, 9.17) is 28.9 Å². The van der Waals surface area contributed by atoms with Crippen molar-refractivity contribution in [3.8, 4) is 11.1 Å². The third-order valence-electron chi connectivity index (χ3n) is 4.41. The molecule has 136 valence electrons. The lowest BCUT2D eigenvalue weighted by Gasteiger charge is -2.20. The summed E-state index contributed by atoms with van der Waals surface area (Å²) in [5.41, 5.74) is 7.33. The van der Waals surface area contributed by atoms with Crippen LogP contribution in [0.3, 0.4) is 0 Å². The van der Waals surface area contributed by atoms with Crippen LogP contribution < -0.4 is 11.3 Å². The van der Waals surface area contributed by atoms with E-state index in [-0.39, 0.29) is 23.2 Å². The highest BCUT2D eigenvalue weighted by atomic mass is 35.5. The molecule has 0 fully saturated rings. The van der Waals surface area contributed by atoms with Crippen molar-refractivity contribution in [3.05, 3.63) is 56.3 Å². The van der Waals surface area contributed by atoms with Crippen LogP contribution in [0, 0.1) is 11.9 Å². The Kier molecular flexibility index (Phi) is 5.27. The number of hydrogen-bond acceptors (Lipinski definition) is 4. The van der Waals surface area contributed by atoms with E-state index in [2.05, 4.69) is 15.0 Å². The Balaban J connectivity index is 2.36. The molecule has 3 N–H and O–H groups in total. The number of benzene rings is 1. The molecule has 3 aromatic rings. The molecule has 26 heavy (non-hydrogen) atoms. The summed E-state index contributed by atoms with van der Waals surface area (Å²) in [4.78, 5) is 22.3. The molecule has 0 radical (unpaired) electrons. The number of pyridine rings is 1. The van der Waals surface area contributed by atoms with Gasteiger partial charge in [-0.1, -0.05) is 36.2 Å². The summed E-state index contributed by atoms with van der Waals surface area (Å²) in [6.07, 6.45) is 1.49. The first kappa shape index (κ1) is 18.8. The number of nitrogens with two attached hydrogens (primary N) is 1. The van der Waals surface area contributed by atoms with Gasteiger partial charge >= 0.3 is 0 Å². The summed E-state index contributed by atoms with van der Waals surface area (Å²) in [6, 6.07) is 4.66. The van der Waals surface area contributed by atoms with Gasteiger partial charge in [-0.25, -0.2) is 4.98 Å². The molecule has 0 spiro atoms. The number of nitrogens with zero attached hydrogens (tertiary/aromatic N) is 2. The molecule has 5 nitrogen and oxygen atoms in total. The zero-order valence-electron chi connectivity index (χ0n) is 14.2. The van der Waals surface area contributed by atoms with Crippen molar-refractivity contribution in [1.82, 2.24) is 15.0 Å². The zero-order chi connectivity index (χ0) is 19.0. The summed E-state index contributed by atoms with van der Waals surface area (Å²) < 4.78 is 14.9. The Morgan fingerprint density at radius 2 is 2.04 bits per heavy atom. The summed E-state index contributed by atoms with van der Waals surface area (Å²) in [6.45, 7) is 3.83. The Morgan fingerprint density at radius 1 is 1.31 bits per heavy atom. The molecule has 0 aliphatic rings. The van der Waals surface area contributed by atoms with Gasteiger partial charge in [0.15, 0.2) is 5.65 Å². The van der Waals surface area contributed by atoms with Crippen LogP contribution in [-0.4, -0.2) is 21.0 Å². The van der Waals surface area contributed by atoms with Gasteiger partial charge in [0.25, 0.3) is 5.56 Å².